The minimum absolute atomic E-state index is 0.00109. The molecule has 0 aliphatic heterocycles. The Balaban J connectivity index is 2.35. The molecular weight excluding hydrogens is 287 g/mol. The summed E-state index contributed by atoms with van der Waals surface area (Å²) in [4.78, 5) is 0. The van der Waals surface area contributed by atoms with E-state index < -0.39 is 41.8 Å². The topological polar surface area (TPSA) is 20.2 Å². The molecule has 0 aliphatic rings. The van der Waals surface area contributed by atoms with Gasteiger partial charge in [-0.05, 0) is 17.7 Å². The van der Waals surface area contributed by atoms with E-state index in [1.54, 1.807) is 0 Å². The Morgan fingerprint density at radius 2 is 1.62 bits per heavy atom. The molecule has 0 fully saturated rings. The van der Waals surface area contributed by atoms with Gasteiger partial charge >= 0.3 is 0 Å². The SMILES string of the molecule is [2H]c1c([2H])c([2H])c(-c2cccc(-c3c(F)cccc3Cl)c2O)c([2H])c1[2H]. The van der Waals surface area contributed by atoms with Crippen LogP contribution in [-0.2, 0) is 0 Å². The minimum atomic E-state index is -0.647. The molecule has 1 nitrogen and oxygen atoms in total. The normalized spacial score (nSPS) is 13.9. The van der Waals surface area contributed by atoms with Crippen molar-refractivity contribution in [2.45, 2.75) is 0 Å². The van der Waals surface area contributed by atoms with E-state index in [1.807, 2.05) is 0 Å². The van der Waals surface area contributed by atoms with E-state index in [9.17, 15) is 9.50 Å². The summed E-state index contributed by atoms with van der Waals surface area (Å²) in [5.41, 5.74) is -0.125. The fourth-order valence-corrected chi connectivity index (χ4v) is 2.35. The van der Waals surface area contributed by atoms with Crippen molar-refractivity contribution in [1.82, 2.24) is 0 Å². The van der Waals surface area contributed by atoms with Crippen molar-refractivity contribution >= 4 is 11.6 Å². The van der Waals surface area contributed by atoms with Crippen LogP contribution < -0.4 is 0 Å². The Morgan fingerprint density at radius 3 is 2.33 bits per heavy atom. The predicted molar refractivity (Wildman–Crippen MR) is 83.9 cm³/mol. The second-order valence-electron chi connectivity index (χ2n) is 4.30. The predicted octanol–water partition coefficient (Wildman–Crippen LogP) is 5.52. The highest BCUT2D eigenvalue weighted by Gasteiger charge is 2.16. The lowest BCUT2D eigenvalue weighted by molar-refractivity contribution is 0.478. The number of aromatic hydroxyl groups is 1. The molecule has 0 radical (unpaired) electrons. The number of hydrogen-bond acceptors (Lipinski definition) is 1. The number of benzene rings is 3. The summed E-state index contributed by atoms with van der Waals surface area (Å²) in [6.45, 7) is 0. The Labute approximate surface area is 134 Å². The first-order chi connectivity index (χ1) is 12.3. The van der Waals surface area contributed by atoms with E-state index in [2.05, 4.69) is 0 Å². The van der Waals surface area contributed by atoms with Gasteiger partial charge in [0.1, 0.15) is 11.6 Å². The van der Waals surface area contributed by atoms with Crippen molar-refractivity contribution in [3.63, 3.8) is 0 Å². The van der Waals surface area contributed by atoms with Gasteiger partial charge < -0.3 is 5.11 Å². The van der Waals surface area contributed by atoms with E-state index in [0.717, 1.165) is 0 Å². The minimum Gasteiger partial charge on any atom is -0.507 e. The van der Waals surface area contributed by atoms with Crippen LogP contribution in [0.3, 0.4) is 0 Å². The van der Waals surface area contributed by atoms with Gasteiger partial charge in [0.05, 0.1) is 11.9 Å². The highest BCUT2D eigenvalue weighted by Crippen LogP contribution is 2.41. The van der Waals surface area contributed by atoms with Crippen molar-refractivity contribution in [2.75, 3.05) is 0 Å². The van der Waals surface area contributed by atoms with Crippen LogP contribution in [0.15, 0.2) is 66.6 Å². The molecule has 21 heavy (non-hydrogen) atoms. The molecule has 0 aromatic heterocycles. The van der Waals surface area contributed by atoms with E-state index >= 15 is 0 Å². The van der Waals surface area contributed by atoms with Crippen LogP contribution in [0.4, 0.5) is 4.39 Å². The van der Waals surface area contributed by atoms with E-state index in [1.165, 1.54) is 36.4 Å². The first-order valence-electron chi connectivity index (χ1n) is 8.59. The molecule has 0 bridgehead atoms. The molecule has 0 amide bonds. The molecule has 0 atom stereocenters. The number of phenols is 1. The quantitative estimate of drug-likeness (QED) is 0.661. The van der Waals surface area contributed by atoms with Gasteiger partial charge in [-0.15, -0.1) is 0 Å². The van der Waals surface area contributed by atoms with Gasteiger partial charge in [0.15, 0.2) is 0 Å². The highest BCUT2D eigenvalue weighted by molar-refractivity contribution is 6.33. The van der Waals surface area contributed by atoms with Crippen molar-refractivity contribution < 1.29 is 16.4 Å². The molecule has 0 saturated carbocycles. The van der Waals surface area contributed by atoms with Gasteiger partial charge in [-0.2, -0.15) is 0 Å². The molecule has 0 aliphatic carbocycles. The summed E-state index contributed by atoms with van der Waals surface area (Å²) < 4.78 is 53.5. The zero-order valence-electron chi connectivity index (χ0n) is 15.7. The molecular formula is C18H12ClFO. The summed E-state index contributed by atoms with van der Waals surface area (Å²) in [7, 11) is 0. The summed E-state index contributed by atoms with van der Waals surface area (Å²) in [5.74, 6) is -1.07. The van der Waals surface area contributed by atoms with Gasteiger partial charge in [0, 0.05) is 16.7 Å². The largest absolute Gasteiger partial charge is 0.507 e. The van der Waals surface area contributed by atoms with Crippen LogP contribution in [0.25, 0.3) is 22.3 Å². The molecule has 0 unspecified atom stereocenters. The second-order valence-corrected chi connectivity index (χ2v) is 4.71. The van der Waals surface area contributed by atoms with Crippen LogP contribution in [0, 0.1) is 5.82 Å². The molecule has 1 N–H and O–H groups in total. The Morgan fingerprint density at radius 1 is 0.952 bits per heavy atom. The highest BCUT2D eigenvalue weighted by atomic mass is 35.5. The third kappa shape index (κ3) is 2.50. The Hall–Kier alpha value is -2.32. The molecule has 0 heterocycles. The van der Waals surface area contributed by atoms with Crippen LogP contribution in [0.2, 0.25) is 5.02 Å². The number of para-hydroxylation sites is 1. The van der Waals surface area contributed by atoms with Gasteiger partial charge in [-0.1, -0.05) is 66.1 Å². The average Bonchev–Trinajstić information content (AvgIpc) is 2.61. The molecule has 0 spiro atoms. The van der Waals surface area contributed by atoms with Crippen LogP contribution in [-0.4, -0.2) is 5.11 Å². The number of phenolic OH excluding ortho intramolecular Hbond substituents is 1. The van der Waals surface area contributed by atoms with Crippen LogP contribution >= 0.6 is 11.6 Å². The maximum absolute atomic E-state index is 14.2. The van der Waals surface area contributed by atoms with E-state index in [4.69, 9.17) is 18.5 Å². The maximum Gasteiger partial charge on any atom is 0.132 e. The Kier molecular flexibility index (Phi) is 2.35. The number of rotatable bonds is 2. The van der Waals surface area contributed by atoms with Crippen LogP contribution in [0.5, 0.6) is 5.75 Å². The lowest BCUT2D eigenvalue weighted by Gasteiger charge is -2.12. The smallest absolute Gasteiger partial charge is 0.132 e. The lowest BCUT2D eigenvalue weighted by Crippen LogP contribution is -1.88. The number of hydrogen-bond donors (Lipinski definition) is 1. The van der Waals surface area contributed by atoms with Crippen molar-refractivity contribution in [1.29, 1.82) is 0 Å². The molecule has 0 saturated heterocycles. The maximum atomic E-state index is 14.2. The summed E-state index contributed by atoms with van der Waals surface area (Å²) >= 11 is 6.06. The first-order valence-corrected chi connectivity index (χ1v) is 6.47. The summed E-state index contributed by atoms with van der Waals surface area (Å²) in [6, 6.07) is 5.95. The summed E-state index contributed by atoms with van der Waals surface area (Å²) in [6.07, 6.45) is 0. The van der Waals surface area contributed by atoms with Gasteiger partial charge in [-0.25, -0.2) is 4.39 Å². The van der Waals surface area contributed by atoms with Crippen molar-refractivity contribution in [3.8, 4) is 28.0 Å². The molecule has 3 aromatic carbocycles. The summed E-state index contributed by atoms with van der Waals surface area (Å²) in [5, 5.41) is 10.8. The fourth-order valence-electron chi connectivity index (χ4n) is 2.09. The molecule has 3 rings (SSSR count). The third-order valence-electron chi connectivity index (χ3n) is 3.04. The fraction of sp³-hybridized carbons (Fsp3) is 0. The molecule has 104 valence electrons. The van der Waals surface area contributed by atoms with Crippen LogP contribution in [0.1, 0.15) is 6.85 Å². The van der Waals surface area contributed by atoms with E-state index in [0.29, 0.717) is 0 Å². The lowest BCUT2D eigenvalue weighted by atomic mass is 9.97. The van der Waals surface area contributed by atoms with Gasteiger partial charge in [-0.3, -0.25) is 0 Å². The van der Waals surface area contributed by atoms with Crippen molar-refractivity contribution in [2.24, 2.45) is 0 Å². The van der Waals surface area contributed by atoms with Gasteiger partial charge in [0.2, 0.25) is 0 Å². The Bertz CT molecular complexity index is 989. The zero-order chi connectivity index (χ0) is 19.2. The average molecular weight is 304 g/mol. The second kappa shape index (κ2) is 5.58. The van der Waals surface area contributed by atoms with Gasteiger partial charge in [0.25, 0.3) is 0 Å². The molecule has 3 aromatic rings. The zero-order valence-corrected chi connectivity index (χ0v) is 11.4. The van der Waals surface area contributed by atoms with Crippen molar-refractivity contribution in [3.05, 3.63) is 77.5 Å². The monoisotopic (exact) mass is 303 g/mol. The third-order valence-corrected chi connectivity index (χ3v) is 3.35. The number of halogens is 2. The standard InChI is InChI=1S/C18H12ClFO/c19-15-10-5-11-16(20)17(15)14-9-4-8-13(18(14)21)12-6-2-1-3-7-12/h1-11,21H/i1D,2D,3D,6D,7D. The first kappa shape index (κ1) is 8.85. The molecule has 3 heteroatoms. The van der Waals surface area contributed by atoms with E-state index in [-0.39, 0.29) is 27.3 Å².